The molecule has 4 heterocycles. The number of anilines is 1. The minimum atomic E-state index is -0.133. The van der Waals surface area contributed by atoms with Crippen LogP contribution in [0.2, 0.25) is 0 Å². The fourth-order valence-corrected chi connectivity index (χ4v) is 3.59. The molecule has 5 rings (SSSR count). The molecule has 1 aromatic carbocycles. The number of hydrogen-bond donors (Lipinski definition) is 0. The Kier molecular flexibility index (Phi) is 4.16. The van der Waals surface area contributed by atoms with Gasteiger partial charge in [-0.15, -0.1) is 0 Å². The molecule has 0 bridgehead atoms. The lowest BCUT2D eigenvalue weighted by atomic mass is 10.0. The van der Waals surface area contributed by atoms with E-state index in [1.807, 2.05) is 24.3 Å². The van der Waals surface area contributed by atoms with Crippen LogP contribution in [0.1, 0.15) is 12.1 Å². The van der Waals surface area contributed by atoms with Crippen molar-refractivity contribution >= 4 is 22.5 Å². The first-order chi connectivity index (χ1) is 14.2. The molecular formula is C21H18N6O2. The lowest BCUT2D eigenvalue weighted by Gasteiger charge is -2.29. The van der Waals surface area contributed by atoms with E-state index in [0.717, 1.165) is 35.2 Å². The summed E-state index contributed by atoms with van der Waals surface area (Å²) in [4.78, 5) is 27.5. The van der Waals surface area contributed by atoms with Crippen LogP contribution in [-0.4, -0.2) is 37.8 Å². The highest BCUT2D eigenvalue weighted by molar-refractivity contribution is 5.90. The maximum absolute atomic E-state index is 12.6. The van der Waals surface area contributed by atoms with Gasteiger partial charge in [0.25, 0.3) is 5.56 Å². The van der Waals surface area contributed by atoms with Gasteiger partial charge in [-0.05, 0) is 30.2 Å². The van der Waals surface area contributed by atoms with Crippen LogP contribution in [0.3, 0.4) is 0 Å². The Bertz CT molecular complexity index is 1280. The van der Waals surface area contributed by atoms with Gasteiger partial charge in [-0.1, -0.05) is 23.4 Å². The van der Waals surface area contributed by atoms with Gasteiger partial charge in [-0.2, -0.15) is 0 Å². The molecule has 0 saturated heterocycles. The SMILES string of the molecule is Cn1c(N2CCC=C(c3noc4ccccc34)C2)nc(-c2ccncn2)cc1=O. The molecule has 0 amide bonds. The molecule has 0 fully saturated rings. The van der Waals surface area contributed by atoms with E-state index in [-0.39, 0.29) is 5.56 Å². The number of nitrogens with zero attached hydrogens (tertiary/aromatic N) is 6. The molecule has 0 atom stereocenters. The van der Waals surface area contributed by atoms with Crippen LogP contribution in [0, 0.1) is 0 Å². The second-order valence-electron chi connectivity index (χ2n) is 6.90. The molecule has 144 valence electrons. The molecule has 8 nitrogen and oxygen atoms in total. The van der Waals surface area contributed by atoms with Crippen molar-refractivity contribution in [3.63, 3.8) is 0 Å². The lowest BCUT2D eigenvalue weighted by Crippen LogP contribution is -2.35. The summed E-state index contributed by atoms with van der Waals surface area (Å²) in [5.41, 5.74) is 3.68. The van der Waals surface area contributed by atoms with Gasteiger partial charge < -0.3 is 9.42 Å². The van der Waals surface area contributed by atoms with Gasteiger partial charge in [0.1, 0.15) is 12.0 Å². The fraction of sp³-hybridized carbons (Fsp3) is 0.190. The van der Waals surface area contributed by atoms with Gasteiger partial charge in [-0.3, -0.25) is 9.36 Å². The van der Waals surface area contributed by atoms with Crippen LogP contribution in [0.5, 0.6) is 0 Å². The second kappa shape index (κ2) is 6.97. The Balaban J connectivity index is 1.53. The summed E-state index contributed by atoms with van der Waals surface area (Å²) in [6.45, 7) is 1.34. The average Bonchev–Trinajstić information content (AvgIpc) is 3.20. The number of benzene rings is 1. The van der Waals surface area contributed by atoms with Gasteiger partial charge in [0, 0.05) is 37.8 Å². The van der Waals surface area contributed by atoms with Crippen LogP contribution in [-0.2, 0) is 7.05 Å². The molecule has 0 aliphatic carbocycles. The zero-order valence-corrected chi connectivity index (χ0v) is 15.8. The molecule has 0 N–H and O–H groups in total. The third-order valence-electron chi connectivity index (χ3n) is 5.07. The Labute approximate surface area is 166 Å². The highest BCUT2D eigenvalue weighted by Crippen LogP contribution is 2.29. The first-order valence-corrected chi connectivity index (χ1v) is 9.34. The van der Waals surface area contributed by atoms with Crippen molar-refractivity contribution in [3.05, 3.63) is 71.0 Å². The van der Waals surface area contributed by atoms with Crippen molar-refractivity contribution < 1.29 is 4.52 Å². The van der Waals surface area contributed by atoms with E-state index < -0.39 is 0 Å². The van der Waals surface area contributed by atoms with E-state index in [9.17, 15) is 4.79 Å². The van der Waals surface area contributed by atoms with Gasteiger partial charge in [0.05, 0.1) is 11.4 Å². The highest BCUT2D eigenvalue weighted by Gasteiger charge is 2.22. The Hall–Kier alpha value is -3.81. The van der Waals surface area contributed by atoms with Crippen LogP contribution in [0.15, 0.2) is 64.3 Å². The first-order valence-electron chi connectivity index (χ1n) is 9.34. The minimum Gasteiger partial charge on any atom is -0.356 e. The summed E-state index contributed by atoms with van der Waals surface area (Å²) in [7, 11) is 1.73. The Morgan fingerprint density at radius 2 is 2.03 bits per heavy atom. The van der Waals surface area contributed by atoms with Crippen molar-refractivity contribution in [3.8, 4) is 11.4 Å². The van der Waals surface area contributed by atoms with Gasteiger partial charge >= 0.3 is 0 Å². The smallest absolute Gasteiger partial charge is 0.255 e. The molecule has 0 unspecified atom stereocenters. The van der Waals surface area contributed by atoms with Crippen LogP contribution < -0.4 is 10.5 Å². The summed E-state index contributed by atoms with van der Waals surface area (Å²) in [5.74, 6) is 0.601. The van der Waals surface area contributed by atoms with E-state index in [1.165, 1.54) is 12.4 Å². The number of aromatic nitrogens is 5. The van der Waals surface area contributed by atoms with Crippen molar-refractivity contribution in [1.82, 2.24) is 24.7 Å². The minimum absolute atomic E-state index is 0.133. The average molecular weight is 386 g/mol. The number of para-hydroxylation sites is 1. The van der Waals surface area contributed by atoms with Crippen LogP contribution in [0.4, 0.5) is 5.95 Å². The monoisotopic (exact) mass is 386 g/mol. The van der Waals surface area contributed by atoms with E-state index in [0.29, 0.717) is 23.9 Å². The predicted molar refractivity (Wildman–Crippen MR) is 109 cm³/mol. The topological polar surface area (TPSA) is 89.9 Å². The number of fused-ring (bicyclic) bond motifs is 1. The Morgan fingerprint density at radius 3 is 2.90 bits per heavy atom. The van der Waals surface area contributed by atoms with Gasteiger partial charge in [0.15, 0.2) is 5.58 Å². The van der Waals surface area contributed by atoms with E-state index in [1.54, 1.807) is 23.9 Å². The maximum atomic E-state index is 12.6. The van der Waals surface area contributed by atoms with Crippen molar-refractivity contribution in [2.45, 2.75) is 6.42 Å². The van der Waals surface area contributed by atoms with E-state index in [4.69, 9.17) is 9.51 Å². The van der Waals surface area contributed by atoms with Gasteiger partial charge in [0.2, 0.25) is 5.95 Å². The molecule has 29 heavy (non-hydrogen) atoms. The standard InChI is InChI=1S/C21H18N6O2/c1-26-19(28)11-17(16-8-9-22-13-23-16)24-21(26)27-10-4-5-14(12-27)20-15-6-2-3-7-18(15)29-25-20/h2-3,5-9,11,13H,4,10,12H2,1H3. The van der Waals surface area contributed by atoms with Crippen LogP contribution >= 0.6 is 0 Å². The zero-order chi connectivity index (χ0) is 19.8. The third-order valence-corrected chi connectivity index (χ3v) is 5.07. The fourth-order valence-electron chi connectivity index (χ4n) is 3.59. The molecule has 3 aromatic heterocycles. The Morgan fingerprint density at radius 1 is 1.14 bits per heavy atom. The largest absolute Gasteiger partial charge is 0.356 e. The summed E-state index contributed by atoms with van der Waals surface area (Å²) < 4.78 is 7.03. The summed E-state index contributed by atoms with van der Waals surface area (Å²) >= 11 is 0. The molecule has 0 spiro atoms. The maximum Gasteiger partial charge on any atom is 0.255 e. The predicted octanol–water partition coefficient (Wildman–Crippen LogP) is 2.67. The number of hydrogen-bond acceptors (Lipinski definition) is 7. The normalized spacial score (nSPS) is 14.2. The summed E-state index contributed by atoms with van der Waals surface area (Å²) in [6, 6.07) is 11.1. The molecule has 0 radical (unpaired) electrons. The quantitative estimate of drug-likeness (QED) is 0.535. The molecule has 1 aliphatic heterocycles. The second-order valence-corrected chi connectivity index (χ2v) is 6.90. The van der Waals surface area contributed by atoms with E-state index in [2.05, 4.69) is 26.1 Å². The molecule has 4 aromatic rings. The van der Waals surface area contributed by atoms with Crippen molar-refractivity contribution in [2.24, 2.45) is 7.05 Å². The first kappa shape index (κ1) is 17.3. The van der Waals surface area contributed by atoms with Crippen LogP contribution in [0.25, 0.3) is 27.9 Å². The van der Waals surface area contributed by atoms with E-state index >= 15 is 0 Å². The lowest BCUT2D eigenvalue weighted by molar-refractivity contribution is 0.453. The highest BCUT2D eigenvalue weighted by atomic mass is 16.5. The molecule has 1 aliphatic rings. The number of rotatable bonds is 3. The summed E-state index contributed by atoms with van der Waals surface area (Å²) in [5, 5.41) is 5.26. The molecular weight excluding hydrogens is 368 g/mol. The van der Waals surface area contributed by atoms with Crippen molar-refractivity contribution in [2.75, 3.05) is 18.0 Å². The summed E-state index contributed by atoms with van der Waals surface area (Å²) in [6.07, 6.45) is 6.08. The molecule has 0 saturated carbocycles. The molecule has 8 heteroatoms. The van der Waals surface area contributed by atoms with Gasteiger partial charge in [-0.25, -0.2) is 15.0 Å². The zero-order valence-electron chi connectivity index (χ0n) is 15.8. The third kappa shape index (κ3) is 3.08. The van der Waals surface area contributed by atoms with Crippen molar-refractivity contribution in [1.29, 1.82) is 0 Å².